The zero-order valence-corrected chi connectivity index (χ0v) is 23.9. The van der Waals surface area contributed by atoms with Crippen molar-refractivity contribution in [2.45, 2.75) is 95.8 Å². The number of ether oxygens (including phenoxy) is 2. The number of amides is 1. The highest BCUT2D eigenvalue weighted by molar-refractivity contribution is 7.17. The smallest absolute Gasteiger partial charge is 0.341 e. The molecule has 0 unspecified atom stereocenters. The van der Waals surface area contributed by atoms with Gasteiger partial charge in [0.25, 0.3) is 0 Å². The van der Waals surface area contributed by atoms with Gasteiger partial charge >= 0.3 is 5.97 Å². The number of anilines is 1. The first kappa shape index (κ1) is 25.9. The molecule has 4 atom stereocenters. The first-order chi connectivity index (χ1) is 18.4. The van der Waals surface area contributed by atoms with Crippen LogP contribution in [0.25, 0.3) is 0 Å². The molecule has 4 aliphatic rings. The second-order valence-corrected chi connectivity index (χ2v) is 13.3. The number of carbonyl (C=O) groups is 2. The second kappa shape index (κ2) is 10.3. The Morgan fingerprint density at radius 3 is 2.74 bits per heavy atom. The Kier molecular flexibility index (Phi) is 7.04. The topological polar surface area (TPSA) is 64.6 Å². The van der Waals surface area contributed by atoms with E-state index in [1.54, 1.807) is 18.4 Å². The molecule has 6 rings (SSSR count). The molecule has 0 radical (unpaired) electrons. The van der Waals surface area contributed by atoms with Gasteiger partial charge < -0.3 is 14.8 Å². The van der Waals surface area contributed by atoms with Gasteiger partial charge in [0.1, 0.15) is 10.8 Å². The van der Waals surface area contributed by atoms with Crippen molar-refractivity contribution in [3.8, 4) is 5.75 Å². The van der Waals surface area contributed by atoms with Gasteiger partial charge in [-0.05, 0) is 103 Å². The molecule has 2 fully saturated rings. The molecule has 1 heterocycles. The fourth-order valence-electron chi connectivity index (χ4n) is 8.43. The number of methoxy groups -OCH3 is 1. The molecule has 5 nitrogen and oxygen atoms in total. The van der Waals surface area contributed by atoms with Crippen LogP contribution in [0, 0.1) is 17.8 Å². The van der Waals surface area contributed by atoms with Crippen LogP contribution in [0.3, 0.4) is 0 Å². The van der Waals surface area contributed by atoms with Crippen LogP contribution < -0.4 is 10.1 Å². The second-order valence-electron chi connectivity index (χ2n) is 12.2. The molecule has 4 aliphatic carbocycles. The van der Waals surface area contributed by atoms with Crippen LogP contribution in [0.2, 0.25) is 0 Å². The van der Waals surface area contributed by atoms with E-state index in [4.69, 9.17) is 9.47 Å². The number of hydrogen-bond acceptors (Lipinski definition) is 5. The van der Waals surface area contributed by atoms with Crippen LogP contribution in [0.5, 0.6) is 5.75 Å². The highest BCUT2D eigenvalue weighted by Crippen LogP contribution is 2.63. The molecule has 0 spiro atoms. The largest absolute Gasteiger partial charge is 0.497 e. The van der Waals surface area contributed by atoms with E-state index in [1.807, 2.05) is 6.92 Å². The van der Waals surface area contributed by atoms with E-state index < -0.39 is 0 Å². The van der Waals surface area contributed by atoms with Crippen molar-refractivity contribution in [3.63, 3.8) is 0 Å². The minimum Gasteiger partial charge on any atom is -0.497 e. The van der Waals surface area contributed by atoms with E-state index in [0.717, 1.165) is 37.9 Å². The maximum atomic E-state index is 13.4. The molecule has 2 saturated carbocycles. The Morgan fingerprint density at radius 1 is 1.16 bits per heavy atom. The Morgan fingerprint density at radius 2 is 1.97 bits per heavy atom. The molecule has 2 aromatic rings. The summed E-state index contributed by atoms with van der Waals surface area (Å²) in [7, 11) is 1.74. The molecule has 1 amide bonds. The lowest BCUT2D eigenvalue weighted by atomic mass is 9.54. The summed E-state index contributed by atoms with van der Waals surface area (Å²) in [5, 5.41) is 3.88. The predicted octanol–water partition coefficient (Wildman–Crippen LogP) is 7.41. The number of esters is 1. The Labute approximate surface area is 230 Å². The van der Waals surface area contributed by atoms with E-state index in [2.05, 4.69) is 30.4 Å². The minimum absolute atomic E-state index is 0.0344. The highest BCUT2D eigenvalue weighted by atomic mass is 32.1. The molecule has 0 bridgehead atoms. The van der Waals surface area contributed by atoms with Crippen molar-refractivity contribution >= 4 is 28.2 Å². The molecule has 1 N–H and O–H groups in total. The average molecular weight is 536 g/mol. The van der Waals surface area contributed by atoms with Crippen LogP contribution in [0.1, 0.15) is 109 Å². The Balaban J connectivity index is 1.27. The first-order valence-corrected chi connectivity index (χ1v) is 15.5. The number of hydrogen-bond donors (Lipinski definition) is 1. The molecule has 1 aromatic heterocycles. The number of benzene rings is 1. The van der Waals surface area contributed by atoms with Gasteiger partial charge in [-0.2, -0.15) is 0 Å². The summed E-state index contributed by atoms with van der Waals surface area (Å²) in [6.07, 6.45) is 12.0. The van der Waals surface area contributed by atoms with Gasteiger partial charge in [-0.1, -0.05) is 38.7 Å². The van der Waals surface area contributed by atoms with Crippen LogP contribution in [0.15, 0.2) is 18.2 Å². The highest BCUT2D eigenvalue weighted by Gasteiger charge is 2.55. The lowest BCUT2D eigenvalue weighted by molar-refractivity contribution is -0.116. The maximum absolute atomic E-state index is 13.4. The number of aryl methyl sites for hydroxylation is 1. The van der Waals surface area contributed by atoms with Gasteiger partial charge in [-0.15, -0.1) is 11.3 Å². The van der Waals surface area contributed by atoms with Crippen LogP contribution >= 0.6 is 11.3 Å². The van der Waals surface area contributed by atoms with E-state index in [-0.39, 0.29) is 17.3 Å². The van der Waals surface area contributed by atoms with Crippen LogP contribution in [-0.2, 0) is 27.8 Å². The third kappa shape index (κ3) is 4.37. The molecule has 6 heteroatoms. The van der Waals surface area contributed by atoms with Gasteiger partial charge in [0.05, 0.1) is 19.3 Å². The summed E-state index contributed by atoms with van der Waals surface area (Å²) in [6.45, 7) is 4.57. The standard InChI is InChI=1S/C32H41NO4S/c1-4-37-31(35)28-29-26(38-30(28)33-27(34)14-9-19-7-5-6-8-19)18-25-24-12-10-20-17-21(36-3)11-13-22(20)23(24)15-16-32(25,29)2/h11,13,17,19,23-25H,4-10,12,14-16,18H2,1-3H3,(H,33,34)/t23-,24-,25+,32-/m1/s1. The van der Waals surface area contributed by atoms with E-state index in [9.17, 15) is 9.59 Å². The lowest BCUT2D eigenvalue weighted by Gasteiger charge is -2.49. The van der Waals surface area contributed by atoms with Gasteiger partial charge in [0.15, 0.2) is 0 Å². The fraction of sp³-hybridized carbons (Fsp3) is 0.625. The summed E-state index contributed by atoms with van der Waals surface area (Å²) in [5.74, 6) is 3.07. The number of thiophene rings is 1. The monoisotopic (exact) mass is 535 g/mol. The predicted molar refractivity (Wildman–Crippen MR) is 151 cm³/mol. The molecule has 38 heavy (non-hydrogen) atoms. The molecular formula is C32H41NO4S. The Bertz CT molecular complexity index is 1230. The van der Waals surface area contributed by atoms with E-state index in [1.165, 1.54) is 53.7 Å². The first-order valence-electron chi connectivity index (χ1n) is 14.7. The van der Waals surface area contributed by atoms with Crippen molar-refractivity contribution in [2.75, 3.05) is 19.0 Å². The van der Waals surface area contributed by atoms with Crippen molar-refractivity contribution in [1.82, 2.24) is 0 Å². The number of carbonyl (C=O) groups excluding carboxylic acids is 2. The van der Waals surface area contributed by atoms with Gasteiger partial charge in [0, 0.05) is 11.3 Å². The zero-order chi connectivity index (χ0) is 26.4. The van der Waals surface area contributed by atoms with Crippen molar-refractivity contribution in [2.24, 2.45) is 17.8 Å². The van der Waals surface area contributed by atoms with Gasteiger partial charge in [-0.25, -0.2) is 4.79 Å². The van der Waals surface area contributed by atoms with Crippen molar-refractivity contribution < 1.29 is 19.1 Å². The van der Waals surface area contributed by atoms with E-state index in [0.29, 0.717) is 47.3 Å². The molecule has 1 aromatic carbocycles. The maximum Gasteiger partial charge on any atom is 0.341 e. The summed E-state index contributed by atoms with van der Waals surface area (Å²) in [6, 6.07) is 6.63. The van der Waals surface area contributed by atoms with Crippen LogP contribution in [0.4, 0.5) is 5.00 Å². The zero-order valence-electron chi connectivity index (χ0n) is 23.1. The van der Waals surface area contributed by atoms with Crippen LogP contribution in [-0.4, -0.2) is 25.6 Å². The normalized spacial score (nSPS) is 27.7. The summed E-state index contributed by atoms with van der Waals surface area (Å²) >= 11 is 1.63. The molecule has 0 saturated heterocycles. The van der Waals surface area contributed by atoms with E-state index >= 15 is 0 Å². The summed E-state index contributed by atoms with van der Waals surface area (Å²) in [5.41, 5.74) is 4.70. The third-order valence-corrected chi connectivity index (χ3v) is 11.4. The average Bonchev–Trinajstić information content (AvgIpc) is 3.62. The summed E-state index contributed by atoms with van der Waals surface area (Å²) < 4.78 is 11.1. The minimum atomic E-state index is -0.277. The molecular weight excluding hydrogens is 494 g/mol. The molecule has 0 aliphatic heterocycles. The number of nitrogens with one attached hydrogen (secondary N) is 1. The fourth-order valence-corrected chi connectivity index (χ4v) is 9.83. The quantitative estimate of drug-likeness (QED) is 0.375. The van der Waals surface area contributed by atoms with Gasteiger partial charge in [-0.3, -0.25) is 4.79 Å². The third-order valence-electron chi connectivity index (χ3n) is 10.3. The van der Waals surface area contributed by atoms with Gasteiger partial charge in [0.2, 0.25) is 5.91 Å². The van der Waals surface area contributed by atoms with Crippen molar-refractivity contribution in [3.05, 3.63) is 45.3 Å². The lowest BCUT2D eigenvalue weighted by Crippen LogP contribution is -2.43. The summed E-state index contributed by atoms with van der Waals surface area (Å²) in [4.78, 5) is 27.6. The van der Waals surface area contributed by atoms with Crippen molar-refractivity contribution in [1.29, 1.82) is 0 Å². The number of rotatable bonds is 7. The number of fused-ring (bicyclic) bond motifs is 7. The SMILES string of the molecule is CCOC(=O)c1c(NC(=O)CCC2CCCC2)sc2c1[C@]1(C)CC[C@@H]3c4ccc(OC)cc4CC[C@H]3[C@@H]1C2. The molecule has 204 valence electrons. The Hall–Kier alpha value is -2.34.